The third kappa shape index (κ3) is 3.04. The van der Waals surface area contributed by atoms with Gasteiger partial charge in [0.2, 0.25) is 5.91 Å². The molecule has 1 saturated heterocycles. The van der Waals surface area contributed by atoms with Gasteiger partial charge in [0, 0.05) is 12.7 Å². The minimum absolute atomic E-state index is 0.0208. The second-order valence-corrected chi connectivity index (χ2v) is 6.40. The van der Waals surface area contributed by atoms with E-state index < -0.39 is 0 Å². The second-order valence-electron chi connectivity index (χ2n) is 6.40. The summed E-state index contributed by atoms with van der Waals surface area (Å²) in [6.45, 7) is 7.42. The Labute approximate surface area is 122 Å². The third-order valence-corrected chi connectivity index (χ3v) is 4.44. The molecular formula is C17H26N2O. The predicted molar refractivity (Wildman–Crippen MR) is 84.0 cm³/mol. The maximum Gasteiger partial charge on any atom is 0.244 e. The van der Waals surface area contributed by atoms with Crippen LogP contribution in [0.5, 0.6) is 0 Å². The van der Waals surface area contributed by atoms with Crippen LogP contribution in [-0.4, -0.2) is 25.5 Å². The van der Waals surface area contributed by atoms with Crippen LogP contribution in [0.2, 0.25) is 0 Å². The normalized spacial score (nSPS) is 21.5. The number of carbonyl (C=O) groups excluding carboxylic acids is 1. The van der Waals surface area contributed by atoms with E-state index in [9.17, 15) is 4.79 Å². The summed E-state index contributed by atoms with van der Waals surface area (Å²) in [7, 11) is 1.87. The van der Waals surface area contributed by atoms with Crippen LogP contribution >= 0.6 is 0 Å². The summed E-state index contributed by atoms with van der Waals surface area (Å²) in [5.41, 5.74) is 2.29. The van der Waals surface area contributed by atoms with Crippen LogP contribution in [0.1, 0.15) is 39.2 Å². The number of rotatable bonds is 3. The van der Waals surface area contributed by atoms with E-state index in [1.165, 1.54) is 5.56 Å². The molecule has 3 heteroatoms. The molecule has 110 valence electrons. The molecule has 0 saturated carbocycles. The van der Waals surface area contributed by atoms with E-state index in [1.807, 2.05) is 19.2 Å². The molecule has 0 aromatic heterocycles. The molecule has 3 nitrogen and oxygen atoms in total. The molecule has 0 spiro atoms. The minimum Gasteiger partial charge on any atom is -0.314 e. The van der Waals surface area contributed by atoms with Crippen LogP contribution in [0.3, 0.4) is 0 Å². The number of likely N-dealkylation sites (N-methyl/N-ethyl adjacent to an activating group) is 1. The number of carbonyl (C=O) groups is 1. The summed E-state index contributed by atoms with van der Waals surface area (Å²) >= 11 is 0. The molecule has 1 atom stereocenters. The fourth-order valence-electron chi connectivity index (χ4n) is 2.91. The Kier molecular flexibility index (Phi) is 4.48. The van der Waals surface area contributed by atoms with Gasteiger partial charge in [-0.15, -0.1) is 0 Å². The zero-order valence-electron chi connectivity index (χ0n) is 13.1. The zero-order chi connectivity index (χ0) is 14.8. The number of piperidine rings is 1. The van der Waals surface area contributed by atoms with Gasteiger partial charge in [-0.05, 0) is 48.9 Å². The molecule has 1 amide bonds. The van der Waals surface area contributed by atoms with Crippen molar-refractivity contribution < 1.29 is 4.79 Å². The zero-order valence-corrected chi connectivity index (χ0v) is 13.1. The first-order chi connectivity index (χ1) is 9.45. The van der Waals surface area contributed by atoms with Crippen molar-refractivity contribution in [2.24, 2.45) is 5.41 Å². The van der Waals surface area contributed by atoms with Gasteiger partial charge >= 0.3 is 0 Å². The van der Waals surface area contributed by atoms with Crippen molar-refractivity contribution in [3.8, 4) is 0 Å². The Morgan fingerprint density at radius 3 is 2.55 bits per heavy atom. The molecule has 1 aromatic carbocycles. The van der Waals surface area contributed by atoms with Crippen molar-refractivity contribution in [1.29, 1.82) is 0 Å². The summed E-state index contributed by atoms with van der Waals surface area (Å²) in [5, 5.41) is 3.39. The average molecular weight is 274 g/mol. The molecule has 1 aliphatic heterocycles. The van der Waals surface area contributed by atoms with Crippen LogP contribution in [0, 0.1) is 5.41 Å². The Hall–Kier alpha value is -1.35. The number of anilines is 1. The largest absolute Gasteiger partial charge is 0.314 e. The van der Waals surface area contributed by atoms with Gasteiger partial charge in [-0.25, -0.2) is 0 Å². The highest BCUT2D eigenvalue weighted by atomic mass is 16.2. The maximum absolute atomic E-state index is 12.7. The Morgan fingerprint density at radius 1 is 1.35 bits per heavy atom. The number of hydrogen-bond donors (Lipinski definition) is 1. The number of amides is 1. The van der Waals surface area contributed by atoms with Gasteiger partial charge in [0.15, 0.2) is 0 Å². The summed E-state index contributed by atoms with van der Waals surface area (Å²) < 4.78 is 0. The highest BCUT2D eigenvalue weighted by molar-refractivity contribution is 5.97. The highest BCUT2D eigenvalue weighted by Gasteiger charge is 2.38. The van der Waals surface area contributed by atoms with Crippen molar-refractivity contribution in [3.05, 3.63) is 29.8 Å². The van der Waals surface area contributed by atoms with E-state index in [2.05, 4.69) is 38.2 Å². The molecule has 1 aliphatic rings. The molecule has 0 aliphatic carbocycles. The van der Waals surface area contributed by atoms with E-state index in [4.69, 9.17) is 0 Å². The van der Waals surface area contributed by atoms with Gasteiger partial charge < -0.3 is 10.2 Å². The van der Waals surface area contributed by atoms with Gasteiger partial charge in [0.05, 0.1) is 6.04 Å². The lowest BCUT2D eigenvalue weighted by Gasteiger charge is -2.40. The van der Waals surface area contributed by atoms with Gasteiger partial charge in [-0.2, -0.15) is 0 Å². The molecule has 1 fully saturated rings. The summed E-state index contributed by atoms with van der Waals surface area (Å²) in [6, 6.07) is 8.17. The summed E-state index contributed by atoms with van der Waals surface area (Å²) in [5.74, 6) is 0.166. The smallest absolute Gasteiger partial charge is 0.244 e. The minimum atomic E-state index is -0.0906. The fourth-order valence-corrected chi connectivity index (χ4v) is 2.91. The average Bonchev–Trinajstić information content (AvgIpc) is 2.45. The molecule has 20 heavy (non-hydrogen) atoms. The van der Waals surface area contributed by atoms with Gasteiger partial charge in [-0.3, -0.25) is 4.79 Å². The Balaban J connectivity index is 2.14. The van der Waals surface area contributed by atoms with Gasteiger partial charge in [0.25, 0.3) is 0 Å². The Bertz CT molecular complexity index is 464. The summed E-state index contributed by atoms with van der Waals surface area (Å²) in [6.07, 6.45) is 3.26. The lowest BCUT2D eigenvalue weighted by atomic mass is 9.77. The van der Waals surface area contributed by atoms with Gasteiger partial charge in [0.1, 0.15) is 0 Å². The van der Waals surface area contributed by atoms with Crippen LogP contribution < -0.4 is 10.2 Å². The SMILES string of the molecule is CCc1ccc(N(C)C(=O)C2NCCCC2(C)C)cc1. The molecule has 1 heterocycles. The van der Waals surface area contributed by atoms with Crippen LogP contribution in [0.25, 0.3) is 0 Å². The molecule has 1 unspecified atom stereocenters. The lowest BCUT2D eigenvalue weighted by molar-refractivity contribution is -0.123. The first kappa shape index (κ1) is 15.0. The van der Waals surface area contributed by atoms with Crippen molar-refractivity contribution in [1.82, 2.24) is 5.32 Å². The molecule has 1 N–H and O–H groups in total. The first-order valence-electron chi connectivity index (χ1n) is 7.55. The van der Waals surface area contributed by atoms with Crippen LogP contribution in [-0.2, 0) is 11.2 Å². The standard InChI is InChI=1S/C17H26N2O/c1-5-13-7-9-14(10-8-13)19(4)16(20)15-17(2,3)11-6-12-18-15/h7-10,15,18H,5-6,11-12H2,1-4H3. The van der Waals surface area contributed by atoms with Crippen molar-refractivity contribution in [2.75, 3.05) is 18.5 Å². The van der Waals surface area contributed by atoms with E-state index in [-0.39, 0.29) is 17.4 Å². The third-order valence-electron chi connectivity index (χ3n) is 4.44. The van der Waals surface area contributed by atoms with Crippen molar-refractivity contribution in [2.45, 2.75) is 46.1 Å². The Morgan fingerprint density at radius 2 is 2.00 bits per heavy atom. The van der Waals surface area contributed by atoms with Crippen LogP contribution in [0.4, 0.5) is 5.69 Å². The fraction of sp³-hybridized carbons (Fsp3) is 0.588. The van der Waals surface area contributed by atoms with Crippen LogP contribution in [0.15, 0.2) is 24.3 Å². The predicted octanol–water partition coefficient (Wildman–Crippen LogP) is 2.99. The maximum atomic E-state index is 12.7. The van der Waals surface area contributed by atoms with E-state index in [0.29, 0.717) is 0 Å². The highest BCUT2D eigenvalue weighted by Crippen LogP contribution is 2.31. The number of benzene rings is 1. The quantitative estimate of drug-likeness (QED) is 0.919. The summed E-state index contributed by atoms with van der Waals surface area (Å²) in [4.78, 5) is 14.5. The monoisotopic (exact) mass is 274 g/mol. The number of hydrogen-bond acceptors (Lipinski definition) is 2. The number of aryl methyl sites for hydroxylation is 1. The molecule has 0 bridgehead atoms. The van der Waals surface area contributed by atoms with E-state index in [1.54, 1.807) is 4.90 Å². The number of nitrogens with zero attached hydrogens (tertiary/aromatic N) is 1. The molecule has 2 rings (SSSR count). The molecule has 0 radical (unpaired) electrons. The molecule has 1 aromatic rings. The number of nitrogens with one attached hydrogen (secondary N) is 1. The lowest BCUT2D eigenvalue weighted by Crippen LogP contribution is -2.56. The van der Waals surface area contributed by atoms with E-state index >= 15 is 0 Å². The molecular weight excluding hydrogens is 248 g/mol. The topological polar surface area (TPSA) is 32.3 Å². The van der Waals surface area contributed by atoms with Gasteiger partial charge in [-0.1, -0.05) is 32.9 Å². The van der Waals surface area contributed by atoms with E-state index in [0.717, 1.165) is 31.5 Å². The van der Waals surface area contributed by atoms with Crippen molar-refractivity contribution in [3.63, 3.8) is 0 Å². The van der Waals surface area contributed by atoms with Crippen molar-refractivity contribution >= 4 is 11.6 Å². The first-order valence-corrected chi connectivity index (χ1v) is 7.55. The second kappa shape index (κ2) is 5.96.